The monoisotopic (exact) mass is 306 g/mol. The lowest BCUT2D eigenvalue weighted by Crippen LogP contribution is -2.17. The average Bonchev–Trinajstić information content (AvgIpc) is 2.37. The molecule has 0 fully saturated rings. The molecule has 2 aromatic carbocycles. The summed E-state index contributed by atoms with van der Waals surface area (Å²) in [5.74, 6) is -1.48. The van der Waals surface area contributed by atoms with Gasteiger partial charge in [-0.05, 0) is 35.9 Å². The highest BCUT2D eigenvalue weighted by Gasteiger charge is 2.39. The van der Waals surface area contributed by atoms with E-state index in [1.54, 1.807) is 0 Å². The maximum Gasteiger partial charge on any atom is 0.475 e. The zero-order chi connectivity index (χ0) is 14.9. The van der Waals surface area contributed by atoms with E-state index in [2.05, 4.69) is 0 Å². The molecule has 1 unspecified atom stereocenters. The largest absolute Gasteiger partial charge is 0.475 e. The van der Waals surface area contributed by atoms with Crippen molar-refractivity contribution in [3.63, 3.8) is 0 Å². The highest BCUT2D eigenvalue weighted by atomic mass is 32.2. The van der Waals surface area contributed by atoms with E-state index in [9.17, 15) is 26.2 Å². The summed E-state index contributed by atoms with van der Waals surface area (Å²) in [4.78, 5) is -0.607. The van der Waals surface area contributed by atoms with Gasteiger partial charge >= 0.3 is 5.51 Å². The third kappa shape index (κ3) is 3.04. The van der Waals surface area contributed by atoms with Gasteiger partial charge in [-0.2, -0.15) is 13.2 Å². The minimum absolute atomic E-state index is 0.0251. The van der Waals surface area contributed by atoms with Crippen molar-refractivity contribution in [2.75, 3.05) is 0 Å². The molecule has 0 aliphatic carbocycles. The van der Waals surface area contributed by atoms with Crippen molar-refractivity contribution in [1.29, 1.82) is 0 Å². The van der Waals surface area contributed by atoms with Crippen molar-refractivity contribution in [2.45, 2.75) is 10.4 Å². The molecular formula is C13H7F5OS. The van der Waals surface area contributed by atoms with E-state index in [1.165, 1.54) is 12.1 Å². The third-order valence-electron chi connectivity index (χ3n) is 2.49. The SMILES string of the molecule is O=S(c1ccc(F)cc1-c1cccc(F)c1)C(F)(F)F. The van der Waals surface area contributed by atoms with Crippen LogP contribution in [0.3, 0.4) is 0 Å². The molecule has 0 saturated carbocycles. The summed E-state index contributed by atoms with van der Waals surface area (Å²) in [6, 6.07) is 7.01. The van der Waals surface area contributed by atoms with Gasteiger partial charge in [0.05, 0.1) is 4.90 Å². The van der Waals surface area contributed by atoms with Crippen LogP contribution in [0.1, 0.15) is 0 Å². The van der Waals surface area contributed by atoms with Crippen molar-refractivity contribution in [3.05, 3.63) is 54.1 Å². The fourth-order valence-electron chi connectivity index (χ4n) is 1.67. The fraction of sp³-hybridized carbons (Fsp3) is 0.0769. The van der Waals surface area contributed by atoms with Crippen molar-refractivity contribution in [3.8, 4) is 11.1 Å². The summed E-state index contributed by atoms with van der Waals surface area (Å²) in [5.41, 5.74) is -5.20. The predicted molar refractivity (Wildman–Crippen MR) is 64.3 cm³/mol. The summed E-state index contributed by atoms with van der Waals surface area (Å²) < 4.78 is 75.4. The van der Waals surface area contributed by atoms with E-state index in [0.717, 1.165) is 30.3 Å². The number of hydrogen-bond donors (Lipinski definition) is 0. The van der Waals surface area contributed by atoms with Gasteiger partial charge in [0.1, 0.15) is 11.6 Å². The molecule has 0 N–H and O–H groups in total. The summed E-state index contributed by atoms with van der Waals surface area (Å²) in [5, 5.41) is 0. The minimum atomic E-state index is -4.97. The molecule has 0 aliphatic rings. The van der Waals surface area contributed by atoms with Crippen LogP contribution in [0.25, 0.3) is 11.1 Å². The average molecular weight is 306 g/mol. The van der Waals surface area contributed by atoms with Crippen LogP contribution in [0.15, 0.2) is 47.4 Å². The molecule has 7 heteroatoms. The van der Waals surface area contributed by atoms with Crippen molar-refractivity contribution in [1.82, 2.24) is 0 Å². The van der Waals surface area contributed by atoms with Gasteiger partial charge in [-0.15, -0.1) is 0 Å². The second-order valence-corrected chi connectivity index (χ2v) is 5.31. The second kappa shape index (κ2) is 5.32. The molecule has 0 aromatic heterocycles. The van der Waals surface area contributed by atoms with Crippen LogP contribution in [-0.2, 0) is 10.8 Å². The number of alkyl halides is 3. The van der Waals surface area contributed by atoms with Gasteiger partial charge in [0, 0.05) is 5.56 Å². The van der Waals surface area contributed by atoms with Gasteiger partial charge < -0.3 is 0 Å². The molecule has 1 atom stereocenters. The molecule has 0 bridgehead atoms. The first-order valence-electron chi connectivity index (χ1n) is 5.33. The summed E-state index contributed by atoms with van der Waals surface area (Å²) in [7, 11) is -3.32. The Morgan fingerprint density at radius 3 is 2.15 bits per heavy atom. The van der Waals surface area contributed by atoms with E-state index in [1.807, 2.05) is 0 Å². The lowest BCUT2D eigenvalue weighted by atomic mass is 10.1. The van der Waals surface area contributed by atoms with Gasteiger partial charge in [0.2, 0.25) is 0 Å². The molecule has 0 saturated heterocycles. The van der Waals surface area contributed by atoms with Crippen LogP contribution in [0.5, 0.6) is 0 Å². The van der Waals surface area contributed by atoms with Crippen LogP contribution >= 0.6 is 0 Å². The first-order chi connectivity index (χ1) is 9.29. The third-order valence-corrected chi connectivity index (χ3v) is 3.66. The quantitative estimate of drug-likeness (QED) is 0.758. The highest BCUT2D eigenvalue weighted by molar-refractivity contribution is 7.86. The maximum atomic E-state index is 13.2. The molecule has 106 valence electrons. The Kier molecular flexibility index (Phi) is 3.89. The van der Waals surface area contributed by atoms with E-state index in [-0.39, 0.29) is 11.1 Å². The van der Waals surface area contributed by atoms with Gasteiger partial charge in [-0.25, -0.2) is 13.0 Å². The number of halogens is 5. The van der Waals surface area contributed by atoms with Crippen molar-refractivity contribution < 1.29 is 26.2 Å². The Bertz CT molecular complexity index is 666. The first kappa shape index (κ1) is 14.6. The lowest BCUT2D eigenvalue weighted by Gasteiger charge is -2.12. The smallest absolute Gasteiger partial charge is 0.245 e. The molecular weight excluding hydrogens is 299 g/mol. The van der Waals surface area contributed by atoms with Gasteiger partial charge in [-0.1, -0.05) is 12.1 Å². The molecule has 0 aliphatic heterocycles. The Labute approximate surface area is 113 Å². The van der Waals surface area contributed by atoms with Crippen LogP contribution in [0.4, 0.5) is 22.0 Å². The molecule has 0 amide bonds. The van der Waals surface area contributed by atoms with Gasteiger partial charge in [-0.3, -0.25) is 0 Å². The Hall–Kier alpha value is -1.76. The van der Waals surface area contributed by atoms with Crippen LogP contribution < -0.4 is 0 Å². The standard InChI is InChI=1S/C13H7F5OS/c14-9-3-1-2-8(6-9)11-7-10(15)4-5-12(11)20(19)13(16,17)18/h1-7H. The molecule has 20 heavy (non-hydrogen) atoms. The van der Waals surface area contributed by atoms with E-state index >= 15 is 0 Å². The van der Waals surface area contributed by atoms with Gasteiger partial charge in [0.25, 0.3) is 0 Å². The normalized spacial score (nSPS) is 13.2. The Morgan fingerprint density at radius 1 is 0.900 bits per heavy atom. The Morgan fingerprint density at radius 2 is 1.55 bits per heavy atom. The number of rotatable bonds is 2. The number of hydrogen-bond acceptors (Lipinski definition) is 1. The molecule has 0 radical (unpaired) electrons. The molecule has 0 heterocycles. The van der Waals surface area contributed by atoms with E-state index < -0.39 is 32.8 Å². The molecule has 0 spiro atoms. The zero-order valence-electron chi connectivity index (χ0n) is 9.75. The van der Waals surface area contributed by atoms with E-state index in [4.69, 9.17) is 0 Å². The topological polar surface area (TPSA) is 17.1 Å². The van der Waals surface area contributed by atoms with Crippen LogP contribution in [-0.4, -0.2) is 9.72 Å². The van der Waals surface area contributed by atoms with Crippen molar-refractivity contribution in [2.24, 2.45) is 0 Å². The molecule has 1 nitrogen and oxygen atoms in total. The summed E-state index contributed by atoms with van der Waals surface area (Å²) in [6.07, 6.45) is 0. The second-order valence-electron chi connectivity index (χ2n) is 3.87. The lowest BCUT2D eigenvalue weighted by molar-refractivity contribution is -0.0384. The molecule has 2 aromatic rings. The van der Waals surface area contributed by atoms with Crippen molar-refractivity contribution >= 4 is 10.8 Å². The van der Waals surface area contributed by atoms with Crippen LogP contribution in [0.2, 0.25) is 0 Å². The molecule has 2 rings (SSSR count). The minimum Gasteiger partial charge on any atom is -0.245 e. The zero-order valence-corrected chi connectivity index (χ0v) is 10.6. The van der Waals surface area contributed by atoms with Crippen LogP contribution in [0, 0.1) is 11.6 Å². The summed E-state index contributed by atoms with van der Waals surface area (Å²) in [6.45, 7) is 0. The fourth-order valence-corrected chi connectivity index (χ4v) is 2.49. The first-order valence-corrected chi connectivity index (χ1v) is 6.48. The highest BCUT2D eigenvalue weighted by Crippen LogP contribution is 2.34. The maximum absolute atomic E-state index is 13.2. The number of benzene rings is 2. The Balaban J connectivity index is 2.63. The summed E-state index contributed by atoms with van der Waals surface area (Å²) >= 11 is 0. The van der Waals surface area contributed by atoms with Gasteiger partial charge in [0.15, 0.2) is 10.8 Å². The van der Waals surface area contributed by atoms with E-state index in [0.29, 0.717) is 0 Å². The predicted octanol–water partition coefficient (Wildman–Crippen LogP) is 4.26.